The summed E-state index contributed by atoms with van der Waals surface area (Å²) in [6.45, 7) is 1.31. The van der Waals surface area contributed by atoms with E-state index in [4.69, 9.17) is 0 Å². The van der Waals surface area contributed by atoms with Crippen LogP contribution in [-0.2, 0) is 6.18 Å². The number of halogens is 3. The van der Waals surface area contributed by atoms with Crippen molar-refractivity contribution in [3.05, 3.63) is 71.6 Å². The molecule has 4 rings (SSSR count). The maximum Gasteiger partial charge on any atom is 0.471 e. The summed E-state index contributed by atoms with van der Waals surface area (Å²) in [6.07, 6.45) is -3.79. The molecule has 2 aromatic carbocycles. The molecule has 0 bridgehead atoms. The second-order valence-corrected chi connectivity index (χ2v) is 6.65. The molecule has 3 aromatic rings. The highest BCUT2D eigenvalue weighted by Crippen LogP contribution is 2.30. The van der Waals surface area contributed by atoms with E-state index in [0.29, 0.717) is 30.1 Å². The molecule has 1 fully saturated rings. The Bertz CT molecular complexity index is 968. The Morgan fingerprint density at radius 1 is 1.07 bits per heavy atom. The van der Waals surface area contributed by atoms with Crippen LogP contribution in [0.5, 0.6) is 0 Å². The van der Waals surface area contributed by atoms with Crippen LogP contribution in [-0.4, -0.2) is 34.0 Å². The average Bonchev–Trinajstić information content (AvgIpc) is 3.38. The van der Waals surface area contributed by atoms with Crippen LogP contribution in [0.4, 0.5) is 13.2 Å². The number of nitrogens with zero attached hydrogens (tertiary/aromatic N) is 3. The summed E-state index contributed by atoms with van der Waals surface area (Å²) in [5, 5.41) is 3.35. The SMILES string of the molecule is O=C(c1ccc(-c2noc(C(F)(F)F)n2)cc1)N1CC[C@@H](c2ccccc2)C1. The number of hydrogen-bond donors (Lipinski definition) is 0. The zero-order chi connectivity index (χ0) is 19.7. The lowest BCUT2D eigenvalue weighted by atomic mass is 9.99. The Labute approximate surface area is 158 Å². The van der Waals surface area contributed by atoms with Crippen molar-refractivity contribution in [3.63, 3.8) is 0 Å². The van der Waals surface area contributed by atoms with Crippen LogP contribution in [0.2, 0.25) is 0 Å². The highest BCUT2D eigenvalue weighted by atomic mass is 19.4. The second kappa shape index (κ2) is 7.10. The minimum Gasteiger partial charge on any atom is -0.338 e. The van der Waals surface area contributed by atoms with E-state index in [0.717, 1.165) is 6.42 Å². The van der Waals surface area contributed by atoms with Gasteiger partial charge in [-0.15, -0.1) is 0 Å². The Balaban J connectivity index is 1.45. The summed E-state index contributed by atoms with van der Waals surface area (Å²) < 4.78 is 41.9. The molecule has 28 heavy (non-hydrogen) atoms. The Morgan fingerprint density at radius 2 is 1.79 bits per heavy atom. The molecule has 1 aliphatic heterocycles. The van der Waals surface area contributed by atoms with E-state index in [9.17, 15) is 18.0 Å². The molecular weight excluding hydrogens is 371 g/mol. The first-order valence-electron chi connectivity index (χ1n) is 8.77. The Kier molecular flexibility index (Phi) is 4.62. The van der Waals surface area contributed by atoms with Crippen molar-refractivity contribution < 1.29 is 22.5 Å². The first-order valence-corrected chi connectivity index (χ1v) is 8.77. The average molecular weight is 387 g/mol. The molecule has 1 aliphatic rings. The van der Waals surface area contributed by atoms with Gasteiger partial charge in [0.05, 0.1) is 0 Å². The van der Waals surface area contributed by atoms with Crippen LogP contribution >= 0.6 is 0 Å². The molecule has 0 radical (unpaired) electrons. The molecule has 0 saturated carbocycles. The smallest absolute Gasteiger partial charge is 0.338 e. The van der Waals surface area contributed by atoms with E-state index in [1.54, 1.807) is 17.0 Å². The van der Waals surface area contributed by atoms with Gasteiger partial charge in [0.1, 0.15) is 0 Å². The molecule has 1 atom stereocenters. The fourth-order valence-corrected chi connectivity index (χ4v) is 3.34. The minimum atomic E-state index is -4.69. The predicted molar refractivity (Wildman–Crippen MR) is 94.4 cm³/mol. The molecule has 0 unspecified atom stereocenters. The largest absolute Gasteiger partial charge is 0.471 e. The van der Waals surface area contributed by atoms with Crippen LogP contribution in [0, 0.1) is 0 Å². The van der Waals surface area contributed by atoms with E-state index in [-0.39, 0.29) is 11.7 Å². The highest BCUT2D eigenvalue weighted by molar-refractivity contribution is 5.94. The number of benzene rings is 2. The van der Waals surface area contributed by atoms with E-state index in [1.807, 2.05) is 18.2 Å². The van der Waals surface area contributed by atoms with Crippen LogP contribution in [0.1, 0.15) is 34.2 Å². The number of rotatable bonds is 3. The lowest BCUT2D eigenvalue weighted by Crippen LogP contribution is -2.28. The molecule has 0 N–H and O–H groups in total. The molecule has 0 aliphatic carbocycles. The normalized spacial score (nSPS) is 17.1. The van der Waals surface area contributed by atoms with Crippen LogP contribution in [0.3, 0.4) is 0 Å². The van der Waals surface area contributed by atoms with Crippen molar-refractivity contribution in [1.29, 1.82) is 0 Å². The third-order valence-corrected chi connectivity index (χ3v) is 4.81. The number of likely N-dealkylation sites (tertiary alicyclic amines) is 1. The van der Waals surface area contributed by atoms with Crippen LogP contribution < -0.4 is 0 Å². The summed E-state index contributed by atoms with van der Waals surface area (Å²) in [5.41, 5.74) is 2.03. The number of amides is 1. The van der Waals surface area contributed by atoms with Gasteiger partial charge in [-0.2, -0.15) is 18.2 Å². The predicted octanol–water partition coefficient (Wildman–Crippen LogP) is 4.39. The van der Waals surface area contributed by atoms with Crippen LogP contribution in [0.25, 0.3) is 11.4 Å². The summed E-state index contributed by atoms with van der Waals surface area (Å²) in [4.78, 5) is 17.9. The molecule has 8 heteroatoms. The van der Waals surface area contributed by atoms with Crippen LogP contribution in [0.15, 0.2) is 59.1 Å². The monoisotopic (exact) mass is 387 g/mol. The van der Waals surface area contributed by atoms with E-state index in [1.165, 1.54) is 17.7 Å². The maximum absolute atomic E-state index is 12.7. The number of carbonyl (C=O) groups excluding carboxylic acids is 1. The molecule has 1 aromatic heterocycles. The molecule has 1 saturated heterocycles. The number of alkyl halides is 3. The minimum absolute atomic E-state index is 0.103. The molecule has 1 amide bonds. The summed E-state index contributed by atoms with van der Waals surface area (Å²) in [6, 6.07) is 16.2. The molecule has 5 nitrogen and oxygen atoms in total. The van der Waals surface area contributed by atoms with E-state index < -0.39 is 12.1 Å². The van der Waals surface area contributed by atoms with Gasteiger partial charge in [0.2, 0.25) is 5.82 Å². The van der Waals surface area contributed by atoms with Crippen molar-refractivity contribution in [2.24, 2.45) is 0 Å². The van der Waals surface area contributed by atoms with Gasteiger partial charge < -0.3 is 9.42 Å². The van der Waals surface area contributed by atoms with Crippen molar-refractivity contribution in [2.75, 3.05) is 13.1 Å². The first-order chi connectivity index (χ1) is 13.4. The van der Waals surface area contributed by atoms with Crippen molar-refractivity contribution in [3.8, 4) is 11.4 Å². The fraction of sp³-hybridized carbons (Fsp3) is 0.250. The highest BCUT2D eigenvalue weighted by Gasteiger charge is 2.38. The van der Waals surface area contributed by atoms with Crippen molar-refractivity contribution in [2.45, 2.75) is 18.5 Å². The van der Waals surface area contributed by atoms with Gasteiger partial charge in [-0.3, -0.25) is 4.79 Å². The van der Waals surface area contributed by atoms with Gasteiger partial charge in [-0.05, 0) is 24.1 Å². The van der Waals surface area contributed by atoms with E-state index >= 15 is 0 Å². The van der Waals surface area contributed by atoms with Crippen molar-refractivity contribution in [1.82, 2.24) is 15.0 Å². The topological polar surface area (TPSA) is 59.2 Å². The van der Waals surface area contributed by atoms with E-state index in [2.05, 4.69) is 26.8 Å². The number of aromatic nitrogens is 2. The van der Waals surface area contributed by atoms with Gasteiger partial charge in [0.15, 0.2) is 0 Å². The zero-order valence-corrected chi connectivity index (χ0v) is 14.7. The third-order valence-electron chi connectivity index (χ3n) is 4.81. The first kappa shape index (κ1) is 18.2. The zero-order valence-electron chi connectivity index (χ0n) is 14.7. The summed E-state index contributed by atoms with van der Waals surface area (Å²) in [7, 11) is 0. The van der Waals surface area contributed by atoms with Gasteiger partial charge >= 0.3 is 12.1 Å². The number of hydrogen-bond acceptors (Lipinski definition) is 4. The quantitative estimate of drug-likeness (QED) is 0.669. The molecule has 0 spiro atoms. The lowest BCUT2D eigenvalue weighted by molar-refractivity contribution is -0.159. The summed E-state index contributed by atoms with van der Waals surface area (Å²) >= 11 is 0. The molecular formula is C20H16F3N3O2. The summed E-state index contributed by atoms with van der Waals surface area (Å²) in [5.74, 6) is -1.36. The van der Waals surface area contributed by atoms with Gasteiger partial charge in [0.25, 0.3) is 5.91 Å². The fourth-order valence-electron chi connectivity index (χ4n) is 3.34. The number of carbonyl (C=O) groups is 1. The van der Waals surface area contributed by atoms with Gasteiger partial charge in [-0.1, -0.05) is 47.6 Å². The Hall–Kier alpha value is -3.16. The second-order valence-electron chi connectivity index (χ2n) is 6.65. The molecule has 144 valence electrons. The Morgan fingerprint density at radius 3 is 2.43 bits per heavy atom. The van der Waals surface area contributed by atoms with Gasteiger partial charge in [0, 0.05) is 30.1 Å². The molecule has 2 heterocycles. The van der Waals surface area contributed by atoms with Crippen molar-refractivity contribution >= 4 is 5.91 Å². The maximum atomic E-state index is 12.7. The third kappa shape index (κ3) is 3.62. The standard InChI is InChI=1S/C20H16F3N3O2/c21-20(22,23)19-24-17(25-28-19)14-6-8-15(9-7-14)18(27)26-11-10-16(12-26)13-4-2-1-3-5-13/h1-9,16H,10-12H2/t16-/m1/s1. The lowest BCUT2D eigenvalue weighted by Gasteiger charge is -2.17. The van der Waals surface area contributed by atoms with Gasteiger partial charge in [-0.25, -0.2) is 0 Å².